The lowest BCUT2D eigenvalue weighted by Crippen LogP contribution is -2.60. The summed E-state index contributed by atoms with van der Waals surface area (Å²) in [4.78, 5) is 47.5. The van der Waals surface area contributed by atoms with Crippen molar-refractivity contribution in [1.29, 1.82) is 0 Å². The third kappa shape index (κ3) is 7.02. The van der Waals surface area contributed by atoms with Crippen molar-refractivity contribution in [3.8, 4) is 0 Å². The van der Waals surface area contributed by atoms with Crippen LogP contribution in [0.15, 0.2) is 30.3 Å². The van der Waals surface area contributed by atoms with Gasteiger partial charge in [-0.1, -0.05) is 30.3 Å². The molecule has 3 saturated heterocycles. The summed E-state index contributed by atoms with van der Waals surface area (Å²) in [7, 11) is 1.92. The van der Waals surface area contributed by atoms with Crippen LogP contribution in [0.1, 0.15) is 96.5 Å². The van der Waals surface area contributed by atoms with Crippen molar-refractivity contribution in [3.63, 3.8) is 0 Å². The molecule has 5 aliphatic rings. The molecule has 1 aromatic carbocycles. The van der Waals surface area contributed by atoms with Gasteiger partial charge in [-0.05, 0) is 97.6 Å². The highest BCUT2D eigenvalue weighted by molar-refractivity contribution is 5.93. The summed E-state index contributed by atoms with van der Waals surface area (Å²) >= 11 is 0. The van der Waals surface area contributed by atoms with Crippen LogP contribution < -0.4 is 5.32 Å². The molecule has 0 aromatic heterocycles. The number of carbonyl (C=O) groups excluding carboxylic acids is 3. The number of carbonyl (C=O) groups is 3. The maximum atomic E-state index is 14.4. The third-order valence-electron chi connectivity index (χ3n) is 10.9. The van der Waals surface area contributed by atoms with Crippen molar-refractivity contribution < 1.29 is 37.0 Å². The van der Waals surface area contributed by atoms with Crippen molar-refractivity contribution >= 4 is 17.9 Å². The molecule has 2 saturated carbocycles. The number of likely N-dealkylation sites (tertiary alicyclic amines) is 1. The molecule has 6 rings (SSSR count). The fraction of sp³-hybridized carbons (Fsp3) is 0.735. The zero-order valence-electron chi connectivity index (χ0n) is 27.2. The molecule has 3 amide bonds. The first-order chi connectivity index (χ1) is 21.6. The minimum atomic E-state index is -4.66. The van der Waals surface area contributed by atoms with Crippen molar-refractivity contribution in [2.75, 3.05) is 13.6 Å². The predicted molar refractivity (Wildman–Crippen MR) is 164 cm³/mol. The lowest BCUT2D eigenvalue weighted by molar-refractivity contribution is -0.354. The van der Waals surface area contributed by atoms with Crippen molar-refractivity contribution in [2.24, 2.45) is 0 Å². The summed E-state index contributed by atoms with van der Waals surface area (Å²) in [6.45, 7) is 5.89. The molecule has 254 valence electrons. The van der Waals surface area contributed by atoms with Crippen molar-refractivity contribution in [1.82, 2.24) is 20.0 Å². The van der Waals surface area contributed by atoms with Crippen LogP contribution in [-0.4, -0.2) is 100 Å². The van der Waals surface area contributed by atoms with Crippen LogP contribution >= 0.6 is 0 Å². The molecular weight excluding hydrogens is 601 g/mol. The number of alkyl carbamates (subject to hydrolysis) is 1. The number of fused-ring (bicyclic) bond motifs is 1. The van der Waals surface area contributed by atoms with Gasteiger partial charge in [0.25, 0.3) is 0 Å². The number of ether oxygens (including phenoxy) is 2. The first-order valence-electron chi connectivity index (χ1n) is 16.8. The fourth-order valence-electron chi connectivity index (χ4n) is 8.31. The van der Waals surface area contributed by atoms with E-state index in [0.717, 1.165) is 19.3 Å². The van der Waals surface area contributed by atoms with Crippen LogP contribution in [0.25, 0.3) is 0 Å². The smallest absolute Gasteiger partial charge is 0.444 e. The summed E-state index contributed by atoms with van der Waals surface area (Å²) in [5, 5.41) is 2.80. The Morgan fingerprint density at radius 1 is 0.978 bits per heavy atom. The highest BCUT2D eigenvalue weighted by Gasteiger charge is 2.58. The van der Waals surface area contributed by atoms with E-state index in [1.54, 1.807) is 25.7 Å². The van der Waals surface area contributed by atoms with Crippen molar-refractivity contribution in [2.45, 2.75) is 145 Å². The van der Waals surface area contributed by atoms with Gasteiger partial charge < -0.3 is 24.8 Å². The molecule has 9 nitrogen and oxygen atoms in total. The average molecular weight is 649 g/mol. The van der Waals surface area contributed by atoms with E-state index in [-0.39, 0.29) is 54.2 Å². The number of rotatable bonds is 6. The Morgan fingerprint density at radius 2 is 1.67 bits per heavy atom. The Labute approximate surface area is 269 Å². The first kappa shape index (κ1) is 33.1. The van der Waals surface area contributed by atoms with E-state index < -0.39 is 36.2 Å². The zero-order valence-corrected chi connectivity index (χ0v) is 27.2. The first-order valence-corrected chi connectivity index (χ1v) is 16.8. The number of halogens is 3. The number of hydrogen-bond acceptors (Lipinski definition) is 6. The third-order valence-corrected chi connectivity index (χ3v) is 10.9. The topological polar surface area (TPSA) is 91.4 Å². The molecule has 0 unspecified atom stereocenters. The monoisotopic (exact) mass is 648 g/mol. The van der Waals surface area contributed by atoms with Crippen LogP contribution in [-0.2, 0) is 19.1 Å². The van der Waals surface area contributed by atoms with Gasteiger partial charge in [-0.2, -0.15) is 0 Å². The zero-order chi connectivity index (χ0) is 33.0. The SMILES string of the molecule is CN(C1CC(OC(F)(F)F)C1)[C@H]1CC[C@H](NC(=O)OC(C)(C)C)C(=O)N2[C@H](CC[C@H]2C(=O)N2C[C@H](c3ccccc3)CC23CC3)C1. The summed E-state index contributed by atoms with van der Waals surface area (Å²) in [5.74, 6) is -0.0294. The van der Waals surface area contributed by atoms with E-state index in [4.69, 9.17) is 4.74 Å². The van der Waals surface area contributed by atoms with Crippen LogP contribution in [0.2, 0.25) is 0 Å². The normalized spacial score (nSPS) is 32.5. The minimum Gasteiger partial charge on any atom is -0.444 e. The number of nitrogens with zero attached hydrogens (tertiary/aromatic N) is 3. The number of benzene rings is 1. The second-order valence-corrected chi connectivity index (χ2v) is 15.1. The molecule has 12 heteroatoms. The van der Waals surface area contributed by atoms with Crippen LogP contribution in [0.5, 0.6) is 0 Å². The average Bonchev–Trinajstić information content (AvgIpc) is 3.44. The van der Waals surface area contributed by atoms with Gasteiger partial charge in [-0.3, -0.25) is 14.3 Å². The maximum Gasteiger partial charge on any atom is 0.522 e. The summed E-state index contributed by atoms with van der Waals surface area (Å²) < 4.78 is 48.0. The number of amides is 3. The Hall–Kier alpha value is -2.86. The van der Waals surface area contributed by atoms with Gasteiger partial charge in [0.2, 0.25) is 11.8 Å². The second kappa shape index (κ2) is 12.3. The Balaban J connectivity index is 1.21. The van der Waals surface area contributed by atoms with Gasteiger partial charge in [-0.15, -0.1) is 13.2 Å². The van der Waals surface area contributed by atoms with Crippen LogP contribution in [0.3, 0.4) is 0 Å². The molecule has 2 aliphatic carbocycles. The van der Waals surface area contributed by atoms with Gasteiger partial charge in [0.05, 0.1) is 6.10 Å². The molecule has 0 bridgehead atoms. The minimum absolute atomic E-state index is 0.0144. The standard InChI is InChI=1S/C34H47F3N4O5/c1-32(2,3)46-31(44)38-27-12-10-23(39(4)25-17-26(18-25)45-34(35,36)37)16-24-11-13-28(41(24)29(27)42)30(43)40-20-22(19-33(40)14-15-33)21-8-6-5-7-9-21/h5-9,22-28H,10-20H2,1-4H3,(H,38,44)/t22-,23+,24-,25?,26?,27+,28+/m1/s1. The largest absolute Gasteiger partial charge is 0.522 e. The summed E-state index contributed by atoms with van der Waals surface area (Å²) in [5.41, 5.74) is 0.314. The molecule has 1 spiro atoms. The van der Waals surface area contributed by atoms with Gasteiger partial charge in [0, 0.05) is 36.1 Å². The predicted octanol–water partition coefficient (Wildman–Crippen LogP) is 5.34. The number of nitrogens with one attached hydrogen (secondary N) is 1. The van der Waals surface area contributed by atoms with E-state index in [1.807, 2.05) is 30.1 Å². The van der Waals surface area contributed by atoms with Crippen LogP contribution in [0, 0.1) is 0 Å². The summed E-state index contributed by atoms with van der Waals surface area (Å²) in [6, 6.07) is 8.44. The molecular formula is C34H47F3N4O5. The van der Waals surface area contributed by atoms with E-state index in [0.29, 0.717) is 38.6 Å². The highest BCUT2D eigenvalue weighted by Crippen LogP contribution is 2.54. The Morgan fingerprint density at radius 3 is 2.30 bits per heavy atom. The molecule has 5 atom stereocenters. The van der Waals surface area contributed by atoms with E-state index in [1.165, 1.54) is 5.56 Å². The fourth-order valence-corrected chi connectivity index (χ4v) is 8.31. The molecule has 1 N–H and O–H groups in total. The Kier molecular flexibility index (Phi) is 8.84. The van der Waals surface area contributed by atoms with E-state index in [9.17, 15) is 27.6 Å². The molecule has 46 heavy (non-hydrogen) atoms. The molecule has 5 fully saturated rings. The quantitative estimate of drug-likeness (QED) is 0.448. The molecule has 1 aromatic rings. The lowest BCUT2D eigenvalue weighted by Gasteiger charge is -2.47. The maximum absolute atomic E-state index is 14.4. The second-order valence-electron chi connectivity index (χ2n) is 15.1. The number of alkyl halides is 3. The van der Waals surface area contributed by atoms with Crippen LogP contribution in [0.4, 0.5) is 18.0 Å². The molecule has 3 heterocycles. The van der Waals surface area contributed by atoms with Gasteiger partial charge >= 0.3 is 12.5 Å². The summed E-state index contributed by atoms with van der Waals surface area (Å²) in [6.07, 6.45) is -0.101. The van der Waals surface area contributed by atoms with E-state index >= 15 is 0 Å². The van der Waals surface area contributed by atoms with Crippen molar-refractivity contribution in [3.05, 3.63) is 35.9 Å². The highest BCUT2D eigenvalue weighted by atomic mass is 19.4. The molecule has 3 aliphatic heterocycles. The number of hydrogen-bond donors (Lipinski definition) is 1. The van der Waals surface area contributed by atoms with E-state index in [2.05, 4.69) is 27.1 Å². The lowest BCUT2D eigenvalue weighted by atomic mass is 9.85. The van der Waals surface area contributed by atoms with Gasteiger partial charge in [-0.25, -0.2) is 4.79 Å². The molecule has 0 radical (unpaired) electrons. The van der Waals surface area contributed by atoms with Gasteiger partial charge in [0.1, 0.15) is 17.7 Å². The Bertz CT molecular complexity index is 1290. The van der Waals surface area contributed by atoms with Gasteiger partial charge in [0.15, 0.2) is 0 Å².